The molecule has 0 bridgehead atoms. The first-order chi connectivity index (χ1) is 15.8. The highest BCUT2D eigenvalue weighted by Gasteiger charge is 2.62. The Balaban J connectivity index is 1.83. The number of anilines is 2. The average molecular weight is 507 g/mol. The Morgan fingerprint density at radius 3 is 2.53 bits per heavy atom. The lowest BCUT2D eigenvalue weighted by Crippen LogP contribution is -2.47. The van der Waals surface area contributed by atoms with Crippen LogP contribution in [0.1, 0.15) is 11.4 Å². The van der Waals surface area contributed by atoms with Gasteiger partial charge < -0.3 is 10.1 Å². The number of fused-ring (bicyclic) bond motifs is 3. The molecule has 4 heterocycles. The van der Waals surface area contributed by atoms with E-state index in [0.717, 1.165) is 24.0 Å². The first-order valence-corrected chi connectivity index (χ1v) is 9.65. The average Bonchev–Trinajstić information content (AvgIpc) is 3.30. The number of ether oxygens (including phenoxy) is 1. The third-order valence-electron chi connectivity index (χ3n) is 5.27. The molecule has 4 rings (SSSR count). The van der Waals surface area contributed by atoms with Gasteiger partial charge in [-0.3, -0.25) is 4.90 Å². The van der Waals surface area contributed by atoms with E-state index in [2.05, 4.69) is 27.0 Å². The SMILES string of the molecule is C=C[C@@]1(C(F)(F)F)CN(C(=O)Nc2cc(C(F)(F)F)ncc2OC)c2cnc3cc(Cl)nn3c21. The molecule has 0 saturated heterocycles. The number of urea groups is 1. The van der Waals surface area contributed by atoms with Crippen molar-refractivity contribution in [3.63, 3.8) is 0 Å². The van der Waals surface area contributed by atoms with E-state index in [1.165, 1.54) is 6.07 Å². The first-order valence-electron chi connectivity index (χ1n) is 9.27. The maximum atomic E-state index is 14.3. The minimum atomic E-state index is -4.93. The molecule has 0 radical (unpaired) electrons. The summed E-state index contributed by atoms with van der Waals surface area (Å²) >= 11 is 5.84. The van der Waals surface area contributed by atoms with Gasteiger partial charge in [-0.2, -0.15) is 31.4 Å². The number of nitrogens with one attached hydrogen (secondary N) is 1. The molecule has 8 nitrogen and oxygen atoms in total. The summed E-state index contributed by atoms with van der Waals surface area (Å²) in [5.74, 6) is -0.237. The molecule has 180 valence electrons. The minimum Gasteiger partial charge on any atom is -0.493 e. The van der Waals surface area contributed by atoms with Crippen molar-refractivity contribution in [1.29, 1.82) is 0 Å². The number of halogens is 7. The molecule has 0 aromatic carbocycles. The topological polar surface area (TPSA) is 84.7 Å². The van der Waals surface area contributed by atoms with Gasteiger partial charge in [0.15, 0.2) is 16.5 Å². The summed E-state index contributed by atoms with van der Waals surface area (Å²) in [6.45, 7) is 2.34. The molecule has 1 N–H and O–H groups in total. The second kappa shape index (κ2) is 7.75. The van der Waals surface area contributed by atoms with Crippen molar-refractivity contribution < 1.29 is 35.9 Å². The largest absolute Gasteiger partial charge is 0.493 e. The molecule has 1 aliphatic rings. The van der Waals surface area contributed by atoms with E-state index in [1.54, 1.807) is 0 Å². The van der Waals surface area contributed by atoms with Gasteiger partial charge in [-0.25, -0.2) is 19.3 Å². The molecule has 0 saturated carbocycles. The van der Waals surface area contributed by atoms with Crippen molar-refractivity contribution >= 4 is 34.7 Å². The van der Waals surface area contributed by atoms with Crippen molar-refractivity contribution in [3.05, 3.63) is 53.7 Å². The van der Waals surface area contributed by atoms with Gasteiger partial charge in [0.1, 0.15) is 11.1 Å². The highest BCUT2D eigenvalue weighted by atomic mass is 35.5. The molecule has 3 aromatic rings. The van der Waals surface area contributed by atoms with E-state index in [4.69, 9.17) is 16.3 Å². The van der Waals surface area contributed by atoms with Gasteiger partial charge in [-0.05, 0) is 6.07 Å². The van der Waals surface area contributed by atoms with Crippen LogP contribution in [0.2, 0.25) is 5.15 Å². The normalized spacial score (nSPS) is 18.2. The Kier molecular flexibility index (Phi) is 5.38. The molecule has 34 heavy (non-hydrogen) atoms. The first kappa shape index (κ1) is 23.6. The summed E-state index contributed by atoms with van der Waals surface area (Å²) in [6, 6.07) is 0.564. The third kappa shape index (κ3) is 3.57. The maximum absolute atomic E-state index is 14.3. The van der Waals surface area contributed by atoms with Gasteiger partial charge in [0, 0.05) is 6.07 Å². The number of amides is 2. The Bertz CT molecular complexity index is 1310. The molecule has 2 amide bonds. The summed E-state index contributed by atoms with van der Waals surface area (Å²) in [7, 11) is 1.12. The maximum Gasteiger partial charge on any atom is 0.433 e. The van der Waals surface area contributed by atoms with E-state index >= 15 is 0 Å². The van der Waals surface area contributed by atoms with Crippen LogP contribution in [0.4, 0.5) is 42.5 Å². The van der Waals surface area contributed by atoms with Crippen LogP contribution < -0.4 is 15.0 Å². The lowest BCUT2D eigenvalue weighted by molar-refractivity contribution is -0.172. The van der Waals surface area contributed by atoms with E-state index < -0.39 is 47.4 Å². The van der Waals surface area contributed by atoms with Crippen LogP contribution in [-0.2, 0) is 11.6 Å². The van der Waals surface area contributed by atoms with Crippen molar-refractivity contribution in [3.8, 4) is 5.75 Å². The van der Waals surface area contributed by atoms with Gasteiger partial charge in [-0.1, -0.05) is 17.7 Å². The molecule has 0 fully saturated rings. The summed E-state index contributed by atoms with van der Waals surface area (Å²) in [5, 5.41) is 5.87. The number of carbonyl (C=O) groups is 1. The smallest absolute Gasteiger partial charge is 0.433 e. The Morgan fingerprint density at radius 1 is 1.24 bits per heavy atom. The number of hydrogen-bond acceptors (Lipinski definition) is 5. The lowest BCUT2D eigenvalue weighted by atomic mass is 9.85. The number of hydrogen-bond donors (Lipinski definition) is 1. The quantitative estimate of drug-likeness (QED) is 0.406. The summed E-state index contributed by atoms with van der Waals surface area (Å²) in [5.41, 5.74) is -5.32. The molecule has 0 spiro atoms. The van der Waals surface area contributed by atoms with Crippen molar-refractivity contribution in [2.24, 2.45) is 0 Å². The number of carbonyl (C=O) groups excluding carboxylic acids is 1. The Hall–Kier alpha value is -3.55. The number of rotatable bonds is 3. The fourth-order valence-electron chi connectivity index (χ4n) is 3.64. The van der Waals surface area contributed by atoms with Crippen LogP contribution in [0.5, 0.6) is 5.75 Å². The molecular weight excluding hydrogens is 494 g/mol. The number of aromatic nitrogens is 4. The van der Waals surface area contributed by atoms with Crippen LogP contribution in [0.3, 0.4) is 0 Å². The van der Waals surface area contributed by atoms with Gasteiger partial charge in [0.2, 0.25) is 0 Å². The summed E-state index contributed by atoms with van der Waals surface area (Å²) in [6.07, 6.45) is -7.39. The fraction of sp³-hybridized carbons (Fsp3) is 0.263. The summed E-state index contributed by atoms with van der Waals surface area (Å²) < 4.78 is 88.0. The second-order valence-corrected chi connectivity index (χ2v) is 7.57. The van der Waals surface area contributed by atoms with E-state index in [-0.39, 0.29) is 22.2 Å². The number of nitrogens with zero attached hydrogens (tertiary/aromatic N) is 5. The van der Waals surface area contributed by atoms with Gasteiger partial charge in [-0.15, -0.1) is 6.58 Å². The van der Waals surface area contributed by atoms with Crippen molar-refractivity contribution in [2.75, 3.05) is 23.9 Å². The molecule has 0 unspecified atom stereocenters. The highest BCUT2D eigenvalue weighted by Crippen LogP contribution is 2.51. The highest BCUT2D eigenvalue weighted by molar-refractivity contribution is 6.29. The third-order valence-corrected chi connectivity index (χ3v) is 5.46. The molecule has 1 aliphatic heterocycles. The number of methoxy groups -OCH3 is 1. The zero-order valence-electron chi connectivity index (χ0n) is 17.0. The molecular formula is C19H13ClF6N6O2. The Labute approximate surface area is 191 Å². The van der Waals surface area contributed by atoms with Crippen molar-refractivity contribution in [2.45, 2.75) is 17.8 Å². The van der Waals surface area contributed by atoms with Gasteiger partial charge in [0.05, 0.1) is 43.1 Å². The van der Waals surface area contributed by atoms with E-state index in [0.29, 0.717) is 17.0 Å². The van der Waals surface area contributed by atoms with Crippen LogP contribution in [0, 0.1) is 0 Å². The van der Waals surface area contributed by atoms with Crippen LogP contribution >= 0.6 is 11.6 Å². The van der Waals surface area contributed by atoms with Crippen LogP contribution in [0.25, 0.3) is 5.65 Å². The zero-order chi connectivity index (χ0) is 25.1. The van der Waals surface area contributed by atoms with Gasteiger partial charge >= 0.3 is 18.4 Å². The minimum absolute atomic E-state index is 0.00731. The predicted molar refractivity (Wildman–Crippen MR) is 108 cm³/mol. The van der Waals surface area contributed by atoms with E-state index in [9.17, 15) is 31.1 Å². The van der Waals surface area contributed by atoms with Crippen molar-refractivity contribution in [1.82, 2.24) is 19.6 Å². The summed E-state index contributed by atoms with van der Waals surface area (Å²) in [4.78, 5) is 20.9. The van der Waals surface area contributed by atoms with Crippen LogP contribution in [-0.4, -0.2) is 45.4 Å². The Morgan fingerprint density at radius 2 is 1.94 bits per heavy atom. The molecule has 15 heteroatoms. The monoisotopic (exact) mass is 506 g/mol. The zero-order valence-corrected chi connectivity index (χ0v) is 17.8. The lowest BCUT2D eigenvalue weighted by Gasteiger charge is -2.29. The molecule has 0 aliphatic carbocycles. The van der Waals surface area contributed by atoms with E-state index in [1.807, 2.05) is 0 Å². The number of alkyl halides is 6. The predicted octanol–water partition coefficient (Wildman–Crippen LogP) is 4.84. The second-order valence-electron chi connectivity index (χ2n) is 7.19. The van der Waals surface area contributed by atoms with Gasteiger partial charge in [0.25, 0.3) is 0 Å². The fourth-order valence-corrected chi connectivity index (χ4v) is 3.82. The standard InChI is InChI=1S/C19H13ClF6N6O2/c1-3-17(19(24,25)26)8-31(10-6-28-14-5-13(20)30-32(14)15(10)17)16(33)29-9-4-12(18(21,22)23)27-7-11(9)34-2/h3-7H,1,8H2,2H3,(H,27,29,33)/t17-/m1/s1. The number of pyridine rings is 1. The molecule has 3 aromatic heterocycles. The van der Waals surface area contributed by atoms with Crippen LogP contribution in [0.15, 0.2) is 37.2 Å². The molecule has 1 atom stereocenters.